The lowest BCUT2D eigenvalue weighted by molar-refractivity contribution is -0.134. The summed E-state index contributed by atoms with van der Waals surface area (Å²) in [7, 11) is 0. The first kappa shape index (κ1) is 23.3. The van der Waals surface area contributed by atoms with E-state index in [4.69, 9.17) is 4.74 Å². The number of aromatic hydroxyl groups is 2. The molecule has 27 heavy (non-hydrogen) atoms. The zero-order valence-corrected chi connectivity index (χ0v) is 17.0. The molecule has 0 aliphatic rings. The molecule has 0 unspecified atom stereocenters. The Kier molecular flexibility index (Phi) is 13.3. The van der Waals surface area contributed by atoms with Gasteiger partial charge in [-0.05, 0) is 18.6 Å². The van der Waals surface area contributed by atoms with Gasteiger partial charge in [-0.1, -0.05) is 90.4 Å². The lowest BCUT2D eigenvalue weighted by atomic mass is 10.0. The van der Waals surface area contributed by atoms with Crippen LogP contribution in [0.3, 0.4) is 0 Å². The van der Waals surface area contributed by atoms with Crippen LogP contribution in [0.25, 0.3) is 0 Å². The van der Waals surface area contributed by atoms with Crippen LogP contribution in [0.15, 0.2) is 18.2 Å². The van der Waals surface area contributed by atoms with Gasteiger partial charge in [-0.3, -0.25) is 4.79 Å². The Labute approximate surface area is 164 Å². The van der Waals surface area contributed by atoms with E-state index in [2.05, 4.69) is 6.92 Å². The maximum Gasteiger partial charge on any atom is 0.311 e. The molecule has 0 saturated heterocycles. The van der Waals surface area contributed by atoms with Crippen molar-refractivity contribution in [3.63, 3.8) is 0 Å². The average Bonchev–Trinajstić information content (AvgIpc) is 2.65. The Morgan fingerprint density at radius 3 is 1.70 bits per heavy atom. The topological polar surface area (TPSA) is 66.8 Å². The van der Waals surface area contributed by atoms with Crippen LogP contribution in [0, 0.1) is 0 Å². The van der Waals surface area contributed by atoms with Gasteiger partial charge >= 0.3 is 5.97 Å². The van der Waals surface area contributed by atoms with Gasteiger partial charge in [-0.2, -0.15) is 0 Å². The van der Waals surface area contributed by atoms with Gasteiger partial charge in [0.25, 0.3) is 0 Å². The number of phenolic OH excluding ortho intramolecular Hbond substituents is 2. The molecule has 0 aliphatic heterocycles. The summed E-state index contributed by atoms with van der Waals surface area (Å²) >= 11 is 0. The van der Waals surface area contributed by atoms with Crippen molar-refractivity contribution >= 4 is 5.97 Å². The van der Waals surface area contributed by atoms with E-state index < -0.39 is 0 Å². The Morgan fingerprint density at radius 2 is 1.22 bits per heavy atom. The summed E-state index contributed by atoms with van der Waals surface area (Å²) in [6, 6.07) is 4.03. The third kappa shape index (κ3) is 12.3. The van der Waals surface area contributed by atoms with Crippen LogP contribution >= 0.6 is 0 Å². The van der Waals surface area contributed by atoms with Crippen molar-refractivity contribution in [3.05, 3.63) is 18.2 Å². The monoisotopic (exact) mass is 378 g/mol. The van der Waals surface area contributed by atoms with Crippen molar-refractivity contribution in [3.8, 4) is 17.2 Å². The fraction of sp³-hybridized carbons (Fsp3) is 0.696. The van der Waals surface area contributed by atoms with E-state index in [0.29, 0.717) is 6.42 Å². The summed E-state index contributed by atoms with van der Waals surface area (Å²) in [5, 5.41) is 18.6. The quantitative estimate of drug-likeness (QED) is 0.142. The van der Waals surface area contributed by atoms with Crippen LogP contribution < -0.4 is 4.74 Å². The number of esters is 1. The number of hydrogen-bond acceptors (Lipinski definition) is 4. The number of hydrogen-bond donors (Lipinski definition) is 2. The molecule has 0 aliphatic carbocycles. The van der Waals surface area contributed by atoms with Crippen molar-refractivity contribution < 1.29 is 19.7 Å². The molecule has 0 radical (unpaired) electrons. The van der Waals surface area contributed by atoms with Crippen molar-refractivity contribution in [1.82, 2.24) is 0 Å². The van der Waals surface area contributed by atoms with E-state index >= 15 is 0 Å². The Balaban J connectivity index is 1.88. The molecule has 0 heterocycles. The number of unbranched alkanes of at least 4 members (excludes halogenated alkanes) is 13. The molecule has 0 atom stereocenters. The highest BCUT2D eigenvalue weighted by Crippen LogP contribution is 2.28. The normalized spacial score (nSPS) is 10.9. The summed E-state index contributed by atoms with van der Waals surface area (Å²) in [6.07, 6.45) is 18.4. The smallest absolute Gasteiger partial charge is 0.311 e. The Hall–Kier alpha value is -1.71. The predicted octanol–water partition coefficient (Wildman–Crippen LogP) is 6.87. The van der Waals surface area contributed by atoms with Crippen LogP contribution in [-0.2, 0) is 4.79 Å². The summed E-state index contributed by atoms with van der Waals surface area (Å²) in [5.74, 6) is -0.529. The first-order valence-electron chi connectivity index (χ1n) is 10.9. The van der Waals surface area contributed by atoms with Gasteiger partial charge < -0.3 is 14.9 Å². The molecular formula is C23H38O4. The van der Waals surface area contributed by atoms with Gasteiger partial charge in [-0.25, -0.2) is 0 Å². The molecule has 0 amide bonds. The Bertz CT molecular complexity index is 513. The second-order valence-corrected chi connectivity index (χ2v) is 7.47. The summed E-state index contributed by atoms with van der Waals surface area (Å²) in [6.45, 7) is 2.26. The van der Waals surface area contributed by atoms with Crippen LogP contribution in [0.4, 0.5) is 0 Å². The highest BCUT2D eigenvalue weighted by atomic mass is 16.5. The number of ether oxygens (including phenoxy) is 1. The molecule has 0 aromatic heterocycles. The highest BCUT2D eigenvalue weighted by Gasteiger charge is 2.07. The van der Waals surface area contributed by atoms with Crippen molar-refractivity contribution in [1.29, 1.82) is 0 Å². The largest absolute Gasteiger partial charge is 0.504 e. The van der Waals surface area contributed by atoms with Crippen LogP contribution in [0.2, 0.25) is 0 Å². The zero-order chi connectivity index (χ0) is 19.7. The number of carbonyl (C=O) groups is 1. The second-order valence-electron chi connectivity index (χ2n) is 7.47. The predicted molar refractivity (Wildman–Crippen MR) is 110 cm³/mol. The van der Waals surface area contributed by atoms with Crippen LogP contribution in [0.5, 0.6) is 17.2 Å². The van der Waals surface area contributed by atoms with Crippen molar-refractivity contribution in [2.24, 2.45) is 0 Å². The second kappa shape index (κ2) is 15.4. The summed E-state index contributed by atoms with van der Waals surface area (Å²) in [5.41, 5.74) is 0. The fourth-order valence-electron chi connectivity index (χ4n) is 3.21. The number of carbonyl (C=O) groups excluding carboxylic acids is 1. The standard InChI is InChI=1S/C23H38O4/c1-2-3-4-5-6-7-8-9-10-11-12-13-14-15-16-23(26)27-20-17-18-21(24)22(25)19-20/h17-19,24-25H,2-16H2,1H3. The van der Waals surface area contributed by atoms with Gasteiger partial charge in [0, 0.05) is 12.5 Å². The van der Waals surface area contributed by atoms with E-state index in [9.17, 15) is 15.0 Å². The molecule has 154 valence electrons. The molecule has 0 saturated carbocycles. The number of benzene rings is 1. The molecule has 0 fully saturated rings. The minimum atomic E-state index is -0.293. The molecule has 0 spiro atoms. The maximum atomic E-state index is 11.8. The lowest BCUT2D eigenvalue weighted by Crippen LogP contribution is -2.07. The maximum absolute atomic E-state index is 11.8. The minimum absolute atomic E-state index is 0.221. The minimum Gasteiger partial charge on any atom is -0.504 e. The zero-order valence-electron chi connectivity index (χ0n) is 17.0. The first-order valence-corrected chi connectivity index (χ1v) is 10.9. The molecular weight excluding hydrogens is 340 g/mol. The first-order chi connectivity index (χ1) is 13.1. The van der Waals surface area contributed by atoms with Gasteiger partial charge in [0.2, 0.25) is 0 Å². The van der Waals surface area contributed by atoms with Crippen LogP contribution in [0.1, 0.15) is 103 Å². The van der Waals surface area contributed by atoms with Gasteiger partial charge in [0.15, 0.2) is 11.5 Å². The summed E-state index contributed by atoms with van der Waals surface area (Å²) < 4.78 is 5.15. The Morgan fingerprint density at radius 1 is 0.741 bits per heavy atom. The molecule has 1 aromatic carbocycles. The van der Waals surface area contributed by atoms with Gasteiger partial charge in [-0.15, -0.1) is 0 Å². The molecule has 4 heteroatoms. The SMILES string of the molecule is CCCCCCCCCCCCCCCCC(=O)Oc1ccc(O)c(O)c1. The highest BCUT2D eigenvalue weighted by molar-refractivity contribution is 5.72. The lowest BCUT2D eigenvalue weighted by Gasteiger charge is -2.06. The van der Waals surface area contributed by atoms with E-state index in [-0.39, 0.29) is 23.2 Å². The third-order valence-electron chi connectivity index (χ3n) is 4.91. The van der Waals surface area contributed by atoms with E-state index in [1.165, 1.54) is 95.2 Å². The molecule has 0 bridgehead atoms. The molecule has 2 N–H and O–H groups in total. The van der Waals surface area contributed by atoms with Gasteiger partial charge in [0.1, 0.15) is 5.75 Å². The molecule has 4 nitrogen and oxygen atoms in total. The van der Waals surface area contributed by atoms with E-state index in [1.807, 2.05) is 0 Å². The van der Waals surface area contributed by atoms with Crippen LogP contribution in [-0.4, -0.2) is 16.2 Å². The van der Waals surface area contributed by atoms with Crippen molar-refractivity contribution in [2.75, 3.05) is 0 Å². The molecule has 1 aromatic rings. The number of rotatable bonds is 16. The average molecular weight is 379 g/mol. The third-order valence-corrected chi connectivity index (χ3v) is 4.91. The van der Waals surface area contributed by atoms with Crippen molar-refractivity contribution in [2.45, 2.75) is 103 Å². The number of phenols is 2. The van der Waals surface area contributed by atoms with E-state index in [1.54, 1.807) is 0 Å². The summed E-state index contributed by atoms with van der Waals surface area (Å²) in [4.78, 5) is 11.8. The molecule has 1 rings (SSSR count). The van der Waals surface area contributed by atoms with Gasteiger partial charge in [0.05, 0.1) is 0 Å². The van der Waals surface area contributed by atoms with E-state index in [0.717, 1.165) is 12.8 Å². The fourth-order valence-corrected chi connectivity index (χ4v) is 3.21.